The average molecular weight is 2630 g/mol. The molecular formula is Cl30Fe28+54. The molecule has 0 fully saturated rings. The molecular weight excluding hydrogens is 2630 g/mol. The van der Waals surface area contributed by atoms with Crippen molar-refractivity contribution in [2.24, 2.45) is 0 Å². The fourth-order valence-corrected chi connectivity index (χ4v) is 0. The Bertz CT molecular complexity index is 58.0. The predicted octanol–water partition coefficient (Wildman–Crippen LogP) is -89.9. The maximum atomic E-state index is 0. The minimum atomic E-state index is 0. The van der Waals surface area contributed by atoms with E-state index in [1.54, 1.807) is 0 Å². The van der Waals surface area contributed by atoms with Gasteiger partial charge in [-0.1, -0.05) is 0 Å². The third kappa shape index (κ3) is 898. The van der Waals surface area contributed by atoms with Crippen molar-refractivity contribution in [3.8, 4) is 0 Å². The molecule has 0 aliphatic rings. The molecule has 0 atom stereocenters. The summed E-state index contributed by atoms with van der Waals surface area (Å²) in [4.78, 5) is 0. The standard InChI is InChI=1S/30ClH.28Fe/h30*1H;;;;;;;;;;;;;;;;;;;;;;;;;;;;/q;;;;;;;;;;;;;;;;;;;;;;;;;;;;;;28*+3/p-30. The minimum Gasteiger partial charge on any atom is -1.00 e. The van der Waals surface area contributed by atoms with Crippen molar-refractivity contribution in [2.75, 3.05) is 0 Å². The summed E-state index contributed by atoms with van der Waals surface area (Å²) in [5.74, 6) is 0. The first kappa shape index (κ1) is 968. The minimum absolute atomic E-state index is 0. The third-order valence-electron chi connectivity index (χ3n) is 0. The normalized spacial score (nSPS) is 0. The SMILES string of the molecule is [Cl-].[Cl-].[Cl-].[Cl-].[Cl-].[Cl-].[Cl-].[Cl-].[Cl-].[Cl-].[Cl-].[Cl-].[Cl-].[Cl-].[Cl-].[Cl-].[Cl-].[Cl-].[Cl-].[Cl-].[Cl-].[Cl-].[Cl-].[Cl-].[Cl-].[Cl-].[Cl-].[Cl-].[Cl-].[Cl-].[Fe+3].[Fe+3].[Fe+3].[Fe+3].[Fe+3].[Fe+3].[Fe+3].[Fe+3].[Fe+3].[Fe+3].[Fe+3].[Fe+3].[Fe+3].[Fe+3].[Fe+3].[Fe+3].[Fe+3].[Fe+3].[Fe+3].[Fe+3].[Fe+3].[Fe+3].[Fe+3].[Fe+3].[Fe+3].[Fe+3].[Fe+3].[Fe+3]. The van der Waals surface area contributed by atoms with Crippen LogP contribution in [0.5, 0.6) is 0 Å². The van der Waals surface area contributed by atoms with Crippen LogP contribution in [0.25, 0.3) is 0 Å². The molecule has 0 aliphatic carbocycles. The Kier molecular flexibility index (Phi) is 15600. The summed E-state index contributed by atoms with van der Waals surface area (Å²) >= 11 is 0. The van der Waals surface area contributed by atoms with Crippen LogP contribution in [-0.2, 0) is 478 Å². The Hall–Kier alpha value is 23.2. The molecule has 58 heavy (non-hydrogen) atoms. The average Bonchev–Trinajstić information content (AvgIpc) is 0. The zero-order chi connectivity index (χ0) is 0. The molecule has 0 N–H and O–H groups in total. The zero-order valence-corrected chi connectivity index (χ0v) is 74.8. The van der Waals surface area contributed by atoms with Gasteiger partial charge in [-0.2, -0.15) is 0 Å². The molecule has 0 amide bonds. The van der Waals surface area contributed by atoms with Crippen LogP contribution < -0.4 is 372 Å². The van der Waals surface area contributed by atoms with E-state index in [2.05, 4.69) is 0 Å². The molecule has 58 heteroatoms. The third-order valence-corrected chi connectivity index (χ3v) is 0. The fourth-order valence-electron chi connectivity index (χ4n) is 0. The molecule has 28 radical (unpaired) electrons. The van der Waals surface area contributed by atoms with Crippen LogP contribution in [0.3, 0.4) is 0 Å². The molecule has 0 saturated carbocycles. The smallest absolute Gasteiger partial charge is 1.00 e. The van der Waals surface area contributed by atoms with Gasteiger partial charge < -0.3 is 372 Å². The van der Waals surface area contributed by atoms with E-state index in [0.29, 0.717) is 0 Å². The number of rotatable bonds is 0. The van der Waals surface area contributed by atoms with Crippen molar-refractivity contribution >= 4 is 0 Å². The Labute approximate surface area is 831 Å². The van der Waals surface area contributed by atoms with Crippen molar-refractivity contribution in [3.63, 3.8) is 0 Å². The largest absolute Gasteiger partial charge is 3.00 e. The topological polar surface area (TPSA) is 0 Å². The molecule has 0 heterocycles. The number of hydrogen-bond donors (Lipinski definition) is 0. The van der Waals surface area contributed by atoms with Crippen LogP contribution in [0, 0.1) is 0 Å². The van der Waals surface area contributed by atoms with Crippen molar-refractivity contribution in [3.05, 3.63) is 0 Å². The van der Waals surface area contributed by atoms with Gasteiger partial charge in [0, 0.05) is 0 Å². The van der Waals surface area contributed by atoms with E-state index in [9.17, 15) is 0 Å². The van der Waals surface area contributed by atoms with Crippen molar-refractivity contribution in [1.29, 1.82) is 0 Å². The van der Waals surface area contributed by atoms with E-state index >= 15 is 0 Å². The van der Waals surface area contributed by atoms with Gasteiger partial charge in [0.2, 0.25) is 0 Å². The monoisotopic (exact) mass is 2620 g/mol. The van der Waals surface area contributed by atoms with Gasteiger partial charge in [-0.25, -0.2) is 0 Å². The quantitative estimate of drug-likeness (QED) is 0.212. The first-order chi connectivity index (χ1) is 0. The zero-order valence-electron chi connectivity index (χ0n) is 21.2. The number of hydrogen-bond acceptors (Lipinski definition) is 0. The Morgan fingerprint density at radius 1 is 0.0345 bits per heavy atom. The maximum Gasteiger partial charge on any atom is 3.00 e. The second-order valence-corrected chi connectivity index (χ2v) is 0. The summed E-state index contributed by atoms with van der Waals surface area (Å²) in [7, 11) is 0. The molecule has 380 valence electrons. The Morgan fingerprint density at radius 2 is 0.0345 bits per heavy atom. The van der Waals surface area contributed by atoms with E-state index in [1.807, 2.05) is 0 Å². The van der Waals surface area contributed by atoms with E-state index < -0.39 is 0 Å². The maximum absolute atomic E-state index is 0. The van der Waals surface area contributed by atoms with Gasteiger partial charge in [0.15, 0.2) is 0 Å². The van der Waals surface area contributed by atoms with Gasteiger partial charge in [-0.05, 0) is 0 Å². The summed E-state index contributed by atoms with van der Waals surface area (Å²) in [5.41, 5.74) is 0. The van der Waals surface area contributed by atoms with E-state index in [-0.39, 0.29) is 850 Å². The molecule has 0 aliphatic heterocycles. The molecule has 0 nitrogen and oxygen atoms in total. The van der Waals surface area contributed by atoms with Gasteiger partial charge >= 0.3 is 478 Å². The van der Waals surface area contributed by atoms with Crippen LogP contribution in [0.15, 0.2) is 0 Å². The van der Waals surface area contributed by atoms with Crippen LogP contribution in [-0.4, -0.2) is 0 Å². The number of halogens is 30. The summed E-state index contributed by atoms with van der Waals surface area (Å²) in [6.07, 6.45) is 0. The molecule has 0 bridgehead atoms. The van der Waals surface area contributed by atoms with Crippen molar-refractivity contribution in [2.45, 2.75) is 0 Å². The molecule has 0 saturated heterocycles. The first-order valence-electron chi connectivity index (χ1n) is 0. The summed E-state index contributed by atoms with van der Waals surface area (Å²) < 4.78 is 0. The van der Waals surface area contributed by atoms with Gasteiger partial charge in [0.05, 0.1) is 0 Å². The molecule has 0 unspecified atom stereocenters. The molecule has 0 aromatic carbocycles. The Balaban J connectivity index is 0. The van der Waals surface area contributed by atoms with Crippen LogP contribution in [0.2, 0.25) is 0 Å². The van der Waals surface area contributed by atoms with Crippen molar-refractivity contribution < 1.29 is 850 Å². The molecule has 0 aromatic rings. The van der Waals surface area contributed by atoms with E-state index in [4.69, 9.17) is 0 Å². The summed E-state index contributed by atoms with van der Waals surface area (Å²) in [6, 6.07) is 0. The predicted molar refractivity (Wildman–Crippen MR) is 0 cm³/mol. The van der Waals surface area contributed by atoms with Gasteiger partial charge in [0.25, 0.3) is 0 Å². The molecule has 0 aromatic heterocycles. The van der Waals surface area contributed by atoms with E-state index in [1.165, 1.54) is 0 Å². The fraction of sp³-hybridized carbons (Fsp3) is 0. The van der Waals surface area contributed by atoms with Gasteiger partial charge in [-0.3, -0.25) is 0 Å². The van der Waals surface area contributed by atoms with Crippen LogP contribution >= 0.6 is 0 Å². The Morgan fingerprint density at radius 3 is 0.0345 bits per heavy atom. The first-order valence-corrected chi connectivity index (χ1v) is 0. The summed E-state index contributed by atoms with van der Waals surface area (Å²) in [6.45, 7) is 0. The molecule has 0 rings (SSSR count). The van der Waals surface area contributed by atoms with Crippen molar-refractivity contribution in [1.82, 2.24) is 0 Å². The van der Waals surface area contributed by atoms with Crippen LogP contribution in [0.1, 0.15) is 0 Å². The van der Waals surface area contributed by atoms with E-state index in [0.717, 1.165) is 0 Å². The summed E-state index contributed by atoms with van der Waals surface area (Å²) in [5, 5.41) is 0. The second kappa shape index (κ2) is 933. The van der Waals surface area contributed by atoms with Gasteiger partial charge in [0.1, 0.15) is 0 Å². The van der Waals surface area contributed by atoms with Gasteiger partial charge in [-0.15, -0.1) is 0 Å². The van der Waals surface area contributed by atoms with Crippen LogP contribution in [0.4, 0.5) is 0 Å². The second-order valence-electron chi connectivity index (χ2n) is 0. The molecule has 0 spiro atoms.